The average molecular weight is 432 g/mol. The van der Waals surface area contributed by atoms with Crippen LogP contribution in [-0.2, 0) is 10.2 Å². The predicted octanol–water partition coefficient (Wildman–Crippen LogP) is 4.51. The van der Waals surface area contributed by atoms with Crippen LogP contribution in [0, 0.1) is 5.92 Å². The van der Waals surface area contributed by atoms with Crippen molar-refractivity contribution in [3.8, 4) is 0 Å². The van der Waals surface area contributed by atoms with Crippen LogP contribution in [0.5, 0.6) is 0 Å². The molecule has 5 rings (SSSR count). The average Bonchev–Trinajstić information content (AvgIpc) is 3.48. The van der Waals surface area contributed by atoms with Crippen molar-refractivity contribution in [2.24, 2.45) is 5.92 Å². The molecule has 2 heterocycles. The molecule has 4 nitrogen and oxygen atoms in total. The van der Waals surface area contributed by atoms with Gasteiger partial charge in [0.25, 0.3) is 0 Å². The molecule has 32 heavy (non-hydrogen) atoms. The zero-order chi connectivity index (χ0) is 22.1. The Labute approximate surface area is 193 Å². The van der Waals surface area contributed by atoms with Crippen LogP contribution in [0.1, 0.15) is 50.2 Å². The van der Waals surface area contributed by atoms with E-state index in [9.17, 15) is 4.79 Å². The maximum Gasteiger partial charge on any atom is 0.233 e. The number of amides is 1. The van der Waals surface area contributed by atoms with E-state index in [0.29, 0.717) is 11.8 Å². The van der Waals surface area contributed by atoms with Crippen molar-refractivity contribution in [2.75, 3.05) is 50.7 Å². The smallest absolute Gasteiger partial charge is 0.233 e. The van der Waals surface area contributed by atoms with Gasteiger partial charge in [0.15, 0.2) is 0 Å². The minimum Gasteiger partial charge on any atom is -0.369 e. The summed E-state index contributed by atoms with van der Waals surface area (Å²) in [5.74, 6) is 1.56. The number of nitrogens with zero attached hydrogens (tertiary/aromatic N) is 3. The van der Waals surface area contributed by atoms with E-state index in [-0.39, 0.29) is 5.41 Å². The maximum absolute atomic E-state index is 13.5. The minimum absolute atomic E-state index is 0.264. The van der Waals surface area contributed by atoms with Gasteiger partial charge in [0, 0.05) is 57.4 Å². The molecule has 2 aromatic carbocycles. The molecule has 4 heteroatoms. The summed E-state index contributed by atoms with van der Waals surface area (Å²) >= 11 is 0. The van der Waals surface area contributed by atoms with Crippen LogP contribution < -0.4 is 4.90 Å². The largest absolute Gasteiger partial charge is 0.369 e. The molecule has 2 aromatic rings. The lowest BCUT2D eigenvalue weighted by Crippen LogP contribution is -2.47. The zero-order valence-corrected chi connectivity index (χ0v) is 19.7. The Morgan fingerprint density at radius 2 is 1.62 bits per heavy atom. The van der Waals surface area contributed by atoms with Crippen LogP contribution in [0.2, 0.25) is 0 Å². The van der Waals surface area contributed by atoms with Gasteiger partial charge < -0.3 is 9.80 Å². The van der Waals surface area contributed by atoms with Crippen molar-refractivity contribution < 1.29 is 4.79 Å². The van der Waals surface area contributed by atoms with Gasteiger partial charge in [0.1, 0.15) is 0 Å². The van der Waals surface area contributed by atoms with E-state index in [1.54, 1.807) is 0 Å². The number of hydrogen-bond acceptors (Lipinski definition) is 3. The molecule has 2 saturated heterocycles. The first kappa shape index (κ1) is 21.5. The van der Waals surface area contributed by atoms with Crippen molar-refractivity contribution in [3.63, 3.8) is 0 Å². The van der Waals surface area contributed by atoms with Crippen LogP contribution in [0.4, 0.5) is 5.69 Å². The molecule has 0 bridgehead atoms. The second-order valence-corrected chi connectivity index (χ2v) is 10.5. The van der Waals surface area contributed by atoms with E-state index < -0.39 is 0 Å². The lowest BCUT2D eigenvalue weighted by molar-refractivity contribution is -0.132. The highest BCUT2D eigenvalue weighted by Gasteiger charge is 2.53. The Morgan fingerprint density at radius 1 is 0.938 bits per heavy atom. The number of benzene rings is 2. The Bertz CT molecular complexity index is 911. The molecule has 3 aliphatic rings. The topological polar surface area (TPSA) is 26.8 Å². The number of rotatable bonds is 6. The Morgan fingerprint density at radius 3 is 2.25 bits per heavy atom. The lowest BCUT2D eigenvalue weighted by atomic mass is 9.93. The monoisotopic (exact) mass is 431 g/mol. The van der Waals surface area contributed by atoms with Crippen LogP contribution in [0.15, 0.2) is 54.6 Å². The maximum atomic E-state index is 13.5. The van der Waals surface area contributed by atoms with Gasteiger partial charge in [-0.1, -0.05) is 56.3 Å². The molecule has 1 saturated carbocycles. The molecule has 0 spiro atoms. The summed E-state index contributed by atoms with van der Waals surface area (Å²) in [6.07, 6.45) is 3.06. The molecule has 0 radical (unpaired) electrons. The van der Waals surface area contributed by atoms with Gasteiger partial charge >= 0.3 is 0 Å². The highest BCUT2D eigenvalue weighted by molar-refractivity contribution is 5.91. The molecular formula is C28H37N3O. The second-order valence-electron chi connectivity index (χ2n) is 10.5. The van der Waals surface area contributed by atoms with Gasteiger partial charge in [-0.25, -0.2) is 0 Å². The molecule has 0 N–H and O–H groups in total. The normalized spacial score (nSPS) is 23.0. The standard InChI is InChI=1S/C28H37N3O/c1-22(2)20-29-16-18-30(19-17-29)26-10-8-25(9-11-26)28(13-14-28)27(32)31-15-12-24(21-31)23-6-4-3-5-7-23/h3-11,22,24H,12-21H2,1-2H3. The van der Waals surface area contributed by atoms with Gasteiger partial charge in [-0.2, -0.15) is 0 Å². The number of likely N-dealkylation sites (tertiary alicyclic amines) is 1. The quantitative estimate of drug-likeness (QED) is 0.673. The fourth-order valence-corrected chi connectivity index (χ4v) is 5.69. The number of piperazine rings is 1. The third kappa shape index (κ3) is 4.30. The van der Waals surface area contributed by atoms with Gasteiger partial charge in [-0.15, -0.1) is 0 Å². The SMILES string of the molecule is CC(C)CN1CCN(c2ccc(C3(C(=O)N4CCC(c5ccccc5)C4)CC3)cc2)CC1. The summed E-state index contributed by atoms with van der Waals surface area (Å²) in [5, 5.41) is 0. The van der Waals surface area contributed by atoms with Crippen LogP contribution >= 0.6 is 0 Å². The van der Waals surface area contributed by atoms with Crippen molar-refractivity contribution >= 4 is 11.6 Å². The summed E-state index contributed by atoms with van der Waals surface area (Å²) < 4.78 is 0. The van der Waals surface area contributed by atoms with Crippen molar-refractivity contribution in [1.82, 2.24) is 9.80 Å². The summed E-state index contributed by atoms with van der Waals surface area (Å²) in [6.45, 7) is 12.0. The summed E-state index contributed by atoms with van der Waals surface area (Å²) in [4.78, 5) is 20.7. The molecular weight excluding hydrogens is 394 g/mol. The Kier molecular flexibility index (Phi) is 5.98. The highest BCUT2D eigenvalue weighted by Crippen LogP contribution is 2.50. The molecule has 3 fully saturated rings. The zero-order valence-electron chi connectivity index (χ0n) is 19.7. The van der Waals surface area contributed by atoms with Gasteiger partial charge in [0.2, 0.25) is 5.91 Å². The van der Waals surface area contributed by atoms with Gasteiger partial charge in [-0.05, 0) is 48.4 Å². The van der Waals surface area contributed by atoms with Gasteiger partial charge in [0.05, 0.1) is 5.41 Å². The molecule has 1 amide bonds. The third-order valence-electron chi connectivity index (χ3n) is 7.69. The molecule has 1 unspecified atom stereocenters. The molecule has 1 atom stereocenters. The summed E-state index contributed by atoms with van der Waals surface area (Å²) in [5.41, 5.74) is 3.62. The number of anilines is 1. The van der Waals surface area contributed by atoms with E-state index >= 15 is 0 Å². The summed E-state index contributed by atoms with van der Waals surface area (Å²) in [7, 11) is 0. The van der Waals surface area contributed by atoms with Crippen LogP contribution in [-0.4, -0.2) is 61.5 Å². The van der Waals surface area contributed by atoms with E-state index in [2.05, 4.69) is 83.1 Å². The minimum atomic E-state index is -0.264. The number of carbonyl (C=O) groups is 1. The molecule has 0 aromatic heterocycles. The van der Waals surface area contributed by atoms with Crippen molar-refractivity contribution in [1.29, 1.82) is 0 Å². The third-order valence-corrected chi connectivity index (χ3v) is 7.69. The number of carbonyl (C=O) groups excluding carboxylic acids is 1. The van der Waals surface area contributed by atoms with Crippen LogP contribution in [0.25, 0.3) is 0 Å². The molecule has 2 aliphatic heterocycles. The van der Waals surface area contributed by atoms with Gasteiger partial charge in [-0.3, -0.25) is 9.69 Å². The first-order valence-corrected chi connectivity index (χ1v) is 12.5. The second kappa shape index (κ2) is 8.90. The fourth-order valence-electron chi connectivity index (χ4n) is 5.69. The molecule has 170 valence electrons. The number of hydrogen-bond donors (Lipinski definition) is 0. The lowest BCUT2D eigenvalue weighted by Gasteiger charge is -2.37. The van der Waals surface area contributed by atoms with Crippen molar-refractivity contribution in [3.05, 3.63) is 65.7 Å². The van der Waals surface area contributed by atoms with E-state index in [1.165, 1.54) is 23.4 Å². The van der Waals surface area contributed by atoms with E-state index in [1.807, 2.05) is 0 Å². The highest BCUT2D eigenvalue weighted by atomic mass is 16.2. The first-order valence-electron chi connectivity index (χ1n) is 12.5. The summed E-state index contributed by atoms with van der Waals surface area (Å²) in [6, 6.07) is 19.6. The molecule has 1 aliphatic carbocycles. The van der Waals surface area contributed by atoms with E-state index in [4.69, 9.17) is 0 Å². The fraction of sp³-hybridized carbons (Fsp3) is 0.536. The first-order chi connectivity index (χ1) is 15.5. The predicted molar refractivity (Wildman–Crippen MR) is 131 cm³/mol. The van der Waals surface area contributed by atoms with Crippen LogP contribution in [0.3, 0.4) is 0 Å². The van der Waals surface area contributed by atoms with E-state index in [0.717, 1.165) is 64.4 Å². The Balaban J connectivity index is 1.21. The van der Waals surface area contributed by atoms with Crippen molar-refractivity contribution in [2.45, 2.75) is 44.4 Å². The Hall–Kier alpha value is -2.33.